The monoisotopic (exact) mass is 395 g/mol. The second kappa shape index (κ2) is 8.72. The summed E-state index contributed by atoms with van der Waals surface area (Å²) < 4.78 is 10.8. The second-order valence-electron chi connectivity index (χ2n) is 7.86. The molecule has 0 bridgehead atoms. The molecule has 0 spiro atoms. The van der Waals surface area contributed by atoms with Gasteiger partial charge in [0.2, 0.25) is 0 Å². The molecule has 6 nitrogen and oxygen atoms in total. The summed E-state index contributed by atoms with van der Waals surface area (Å²) in [5.41, 5.74) is 3.00. The average molecular weight is 396 g/mol. The summed E-state index contributed by atoms with van der Waals surface area (Å²) in [6.07, 6.45) is 8.72. The van der Waals surface area contributed by atoms with Crippen LogP contribution < -0.4 is 14.8 Å². The number of methoxy groups -OCH3 is 2. The maximum absolute atomic E-state index is 13.1. The van der Waals surface area contributed by atoms with Gasteiger partial charge in [-0.05, 0) is 54.7 Å². The van der Waals surface area contributed by atoms with Gasteiger partial charge in [0.25, 0.3) is 5.91 Å². The molecule has 2 heterocycles. The van der Waals surface area contributed by atoms with E-state index in [1.807, 2.05) is 23.1 Å². The molecule has 0 atom stereocenters. The van der Waals surface area contributed by atoms with Crippen molar-refractivity contribution in [2.45, 2.75) is 51.1 Å². The Labute approximate surface area is 172 Å². The van der Waals surface area contributed by atoms with Gasteiger partial charge in [0.1, 0.15) is 5.82 Å². The van der Waals surface area contributed by atoms with E-state index in [2.05, 4.69) is 10.3 Å². The number of nitrogens with one attached hydrogen (secondary N) is 1. The van der Waals surface area contributed by atoms with Gasteiger partial charge in [-0.3, -0.25) is 4.79 Å². The first-order valence-corrected chi connectivity index (χ1v) is 10.4. The third-order valence-corrected chi connectivity index (χ3v) is 5.97. The molecule has 1 aromatic carbocycles. The Balaban J connectivity index is 1.48. The van der Waals surface area contributed by atoms with E-state index in [0.717, 1.165) is 23.6 Å². The molecule has 2 aromatic rings. The molecule has 29 heavy (non-hydrogen) atoms. The fraction of sp³-hybridized carbons (Fsp3) is 0.478. The Morgan fingerprint density at radius 3 is 2.52 bits per heavy atom. The first kappa shape index (κ1) is 19.6. The molecule has 1 aromatic heterocycles. The highest BCUT2D eigenvalue weighted by Crippen LogP contribution is 2.33. The summed E-state index contributed by atoms with van der Waals surface area (Å²) in [6, 6.07) is 8.16. The number of benzene rings is 1. The van der Waals surface area contributed by atoms with Gasteiger partial charge in [0.05, 0.1) is 14.2 Å². The summed E-state index contributed by atoms with van der Waals surface area (Å²) in [5, 5.41) is 3.51. The first-order valence-electron chi connectivity index (χ1n) is 10.4. The van der Waals surface area contributed by atoms with Crippen LogP contribution in [0, 0.1) is 0 Å². The Morgan fingerprint density at radius 2 is 1.79 bits per heavy atom. The number of rotatable bonds is 5. The van der Waals surface area contributed by atoms with Crippen LogP contribution in [0.1, 0.15) is 53.6 Å². The lowest BCUT2D eigenvalue weighted by molar-refractivity contribution is 0.0734. The molecule has 154 valence electrons. The lowest BCUT2D eigenvalue weighted by atomic mass is 9.95. The number of hydrogen-bond acceptors (Lipinski definition) is 5. The normalized spacial score (nSPS) is 16.8. The van der Waals surface area contributed by atoms with Gasteiger partial charge in [0.15, 0.2) is 11.5 Å². The quantitative estimate of drug-likeness (QED) is 0.828. The van der Waals surface area contributed by atoms with Crippen molar-refractivity contribution in [3.63, 3.8) is 0 Å². The summed E-state index contributed by atoms with van der Waals surface area (Å²) in [4.78, 5) is 19.5. The minimum Gasteiger partial charge on any atom is -0.493 e. The molecule has 1 aliphatic heterocycles. The van der Waals surface area contributed by atoms with Crippen LogP contribution in [0.3, 0.4) is 0 Å². The zero-order valence-electron chi connectivity index (χ0n) is 17.2. The Kier molecular flexibility index (Phi) is 5.88. The van der Waals surface area contributed by atoms with E-state index >= 15 is 0 Å². The topological polar surface area (TPSA) is 63.7 Å². The van der Waals surface area contributed by atoms with Crippen molar-refractivity contribution < 1.29 is 14.3 Å². The van der Waals surface area contributed by atoms with E-state index in [1.165, 1.54) is 37.7 Å². The maximum atomic E-state index is 13.1. The second-order valence-corrected chi connectivity index (χ2v) is 7.86. The van der Waals surface area contributed by atoms with Crippen LogP contribution >= 0.6 is 0 Å². The van der Waals surface area contributed by atoms with Gasteiger partial charge in [-0.15, -0.1) is 0 Å². The van der Waals surface area contributed by atoms with E-state index in [-0.39, 0.29) is 5.91 Å². The van der Waals surface area contributed by atoms with Crippen molar-refractivity contribution in [1.82, 2.24) is 9.88 Å². The highest BCUT2D eigenvalue weighted by atomic mass is 16.5. The Bertz CT molecular complexity index is 878. The molecular weight excluding hydrogens is 366 g/mol. The molecule has 1 amide bonds. The zero-order valence-corrected chi connectivity index (χ0v) is 17.2. The van der Waals surface area contributed by atoms with E-state index in [0.29, 0.717) is 30.4 Å². The Hall–Kier alpha value is -2.76. The van der Waals surface area contributed by atoms with Gasteiger partial charge in [-0.2, -0.15) is 0 Å². The molecule has 0 unspecified atom stereocenters. The van der Waals surface area contributed by atoms with E-state index in [9.17, 15) is 4.79 Å². The number of fused-ring (bicyclic) bond motifs is 1. The van der Waals surface area contributed by atoms with Gasteiger partial charge in [0, 0.05) is 30.9 Å². The summed E-state index contributed by atoms with van der Waals surface area (Å²) >= 11 is 0. The van der Waals surface area contributed by atoms with Gasteiger partial charge < -0.3 is 19.7 Å². The van der Waals surface area contributed by atoms with Crippen molar-refractivity contribution in [3.8, 4) is 11.5 Å². The van der Waals surface area contributed by atoms with Crippen LogP contribution in [0.25, 0.3) is 0 Å². The molecule has 2 aliphatic rings. The predicted octanol–water partition coefficient (Wildman–Crippen LogP) is 4.04. The van der Waals surface area contributed by atoms with Gasteiger partial charge >= 0.3 is 0 Å². The molecular formula is C23H29N3O3. The number of carbonyl (C=O) groups excluding carboxylic acids is 1. The van der Waals surface area contributed by atoms with Crippen molar-refractivity contribution in [3.05, 3.63) is 47.2 Å². The number of hydrogen-bond donors (Lipinski definition) is 1. The molecule has 1 N–H and O–H groups in total. The van der Waals surface area contributed by atoms with Crippen LogP contribution in [0.15, 0.2) is 30.5 Å². The van der Waals surface area contributed by atoms with E-state index in [4.69, 9.17) is 9.47 Å². The number of anilines is 1. The van der Waals surface area contributed by atoms with Crippen LogP contribution in [0.4, 0.5) is 5.82 Å². The largest absolute Gasteiger partial charge is 0.493 e. The maximum Gasteiger partial charge on any atom is 0.254 e. The van der Waals surface area contributed by atoms with Gasteiger partial charge in [-0.25, -0.2) is 4.98 Å². The van der Waals surface area contributed by atoms with Crippen molar-refractivity contribution in [2.24, 2.45) is 0 Å². The molecule has 1 saturated carbocycles. The molecule has 0 radical (unpaired) electrons. The van der Waals surface area contributed by atoms with Crippen LogP contribution in [-0.4, -0.2) is 42.6 Å². The van der Waals surface area contributed by atoms with Gasteiger partial charge in [-0.1, -0.05) is 19.3 Å². The Morgan fingerprint density at radius 1 is 1.07 bits per heavy atom. The highest BCUT2D eigenvalue weighted by molar-refractivity contribution is 5.95. The fourth-order valence-corrected chi connectivity index (χ4v) is 4.34. The average Bonchev–Trinajstić information content (AvgIpc) is 2.78. The number of ether oxygens (including phenoxy) is 2. The highest BCUT2D eigenvalue weighted by Gasteiger charge is 2.24. The number of amides is 1. The van der Waals surface area contributed by atoms with Crippen LogP contribution in [0.2, 0.25) is 0 Å². The van der Waals surface area contributed by atoms with Crippen molar-refractivity contribution in [2.75, 3.05) is 26.1 Å². The molecule has 4 rings (SSSR count). The minimum absolute atomic E-state index is 0.0412. The number of nitrogens with zero attached hydrogens (tertiary/aromatic N) is 2. The smallest absolute Gasteiger partial charge is 0.254 e. The molecule has 1 aliphatic carbocycles. The fourth-order valence-electron chi connectivity index (χ4n) is 4.34. The first-order chi connectivity index (χ1) is 14.2. The van der Waals surface area contributed by atoms with Crippen LogP contribution in [-0.2, 0) is 13.0 Å². The third-order valence-electron chi connectivity index (χ3n) is 5.97. The van der Waals surface area contributed by atoms with E-state index in [1.54, 1.807) is 26.5 Å². The third kappa shape index (κ3) is 4.31. The number of aromatic nitrogens is 1. The van der Waals surface area contributed by atoms with Crippen LogP contribution in [0.5, 0.6) is 11.5 Å². The molecule has 1 fully saturated rings. The lowest BCUT2D eigenvalue weighted by Gasteiger charge is -2.30. The summed E-state index contributed by atoms with van der Waals surface area (Å²) in [5.74, 6) is 2.27. The summed E-state index contributed by atoms with van der Waals surface area (Å²) in [6.45, 7) is 1.26. The standard InChI is InChI=1S/C23H29N3O3/c1-28-20-12-16-9-11-26(15-18(16)13-21(20)29-2)23(27)17-8-10-24-22(14-17)25-19-6-4-3-5-7-19/h8,10,12-14,19H,3-7,9,11,15H2,1-2H3,(H,24,25). The number of pyridine rings is 1. The minimum atomic E-state index is 0.0412. The lowest BCUT2D eigenvalue weighted by Crippen LogP contribution is -2.36. The predicted molar refractivity (Wildman–Crippen MR) is 113 cm³/mol. The molecule has 0 saturated heterocycles. The van der Waals surface area contributed by atoms with E-state index < -0.39 is 0 Å². The van der Waals surface area contributed by atoms with Crippen molar-refractivity contribution >= 4 is 11.7 Å². The molecule has 6 heteroatoms. The number of carbonyl (C=O) groups is 1. The SMILES string of the molecule is COc1cc2c(cc1OC)CN(C(=O)c1ccnc(NC3CCCCC3)c1)CC2. The zero-order chi connectivity index (χ0) is 20.2. The summed E-state index contributed by atoms with van der Waals surface area (Å²) in [7, 11) is 3.28. The van der Waals surface area contributed by atoms with Crippen molar-refractivity contribution in [1.29, 1.82) is 0 Å².